The van der Waals surface area contributed by atoms with Crippen molar-refractivity contribution < 1.29 is 22.6 Å². The normalized spacial score (nSPS) is 15.7. The van der Waals surface area contributed by atoms with Crippen molar-refractivity contribution in [2.24, 2.45) is 0 Å². The molecule has 0 spiro atoms. The summed E-state index contributed by atoms with van der Waals surface area (Å²) >= 11 is 3.46. The summed E-state index contributed by atoms with van der Waals surface area (Å²) in [5.74, 6) is 0.841. The molecule has 1 atom stereocenters. The highest BCUT2D eigenvalue weighted by atomic mass is 79.9. The molecule has 0 bridgehead atoms. The van der Waals surface area contributed by atoms with E-state index in [1.807, 2.05) is 12.1 Å². The van der Waals surface area contributed by atoms with E-state index in [-0.39, 0.29) is 12.6 Å². The highest BCUT2D eigenvalue weighted by Crippen LogP contribution is 2.37. The molecule has 3 nitrogen and oxygen atoms in total. The molecule has 118 valence electrons. The molecule has 0 fully saturated rings. The first-order valence-corrected chi connectivity index (χ1v) is 7.47. The van der Waals surface area contributed by atoms with Crippen LogP contribution in [0.15, 0.2) is 16.6 Å². The predicted octanol–water partition coefficient (Wildman–Crippen LogP) is 3.61. The third-order valence-corrected chi connectivity index (χ3v) is 3.78. The molecule has 1 N–H and O–H groups in total. The Kier molecular flexibility index (Phi) is 5.51. The summed E-state index contributed by atoms with van der Waals surface area (Å²) in [6.07, 6.45) is -2.99. The van der Waals surface area contributed by atoms with Crippen LogP contribution in [0.3, 0.4) is 0 Å². The van der Waals surface area contributed by atoms with Crippen molar-refractivity contribution in [2.75, 3.05) is 26.9 Å². The second-order valence-electron chi connectivity index (χ2n) is 4.88. The fourth-order valence-electron chi connectivity index (χ4n) is 2.40. The van der Waals surface area contributed by atoms with Gasteiger partial charge in [-0.1, -0.05) is 15.9 Å². The maximum absolute atomic E-state index is 12.1. The average Bonchev–Trinajstić information content (AvgIpc) is 2.85. The van der Waals surface area contributed by atoms with E-state index in [4.69, 9.17) is 4.74 Å². The van der Waals surface area contributed by atoms with Crippen LogP contribution in [0.4, 0.5) is 13.2 Å². The Morgan fingerprint density at radius 1 is 1.43 bits per heavy atom. The van der Waals surface area contributed by atoms with Gasteiger partial charge < -0.3 is 14.8 Å². The fourth-order valence-corrected chi connectivity index (χ4v) is 2.92. The lowest BCUT2D eigenvalue weighted by atomic mass is 10.00. The second-order valence-corrected chi connectivity index (χ2v) is 5.80. The van der Waals surface area contributed by atoms with Crippen LogP contribution in [-0.4, -0.2) is 33.0 Å². The molecule has 2 rings (SSSR count). The molecule has 7 heteroatoms. The molecule has 0 saturated carbocycles. The Bertz CT molecular complexity index is 494. The van der Waals surface area contributed by atoms with Gasteiger partial charge in [0.1, 0.15) is 12.4 Å². The molecule has 0 radical (unpaired) electrons. The number of alkyl halides is 3. The van der Waals surface area contributed by atoms with Crippen molar-refractivity contribution in [3.63, 3.8) is 0 Å². The molecular weight excluding hydrogens is 351 g/mol. The quantitative estimate of drug-likeness (QED) is 0.779. The minimum atomic E-state index is -4.28. The number of benzene rings is 1. The van der Waals surface area contributed by atoms with Crippen LogP contribution in [-0.2, 0) is 11.2 Å². The van der Waals surface area contributed by atoms with Gasteiger partial charge in [-0.2, -0.15) is 13.2 Å². The number of hydrogen-bond acceptors (Lipinski definition) is 3. The number of nitrogens with one attached hydrogen (secondary N) is 1. The SMILES string of the molecule is CNC(CCOCC(F)(F)F)c1cc(Br)cc2c1OCC2. The zero-order valence-corrected chi connectivity index (χ0v) is 13.2. The van der Waals surface area contributed by atoms with Gasteiger partial charge in [0.25, 0.3) is 0 Å². The van der Waals surface area contributed by atoms with E-state index in [1.165, 1.54) is 0 Å². The lowest BCUT2D eigenvalue weighted by Crippen LogP contribution is -2.22. The number of rotatable bonds is 6. The van der Waals surface area contributed by atoms with Gasteiger partial charge in [-0.25, -0.2) is 0 Å². The number of ether oxygens (including phenoxy) is 2. The van der Waals surface area contributed by atoms with Crippen molar-refractivity contribution >= 4 is 15.9 Å². The molecule has 21 heavy (non-hydrogen) atoms. The van der Waals surface area contributed by atoms with Crippen LogP contribution in [0.1, 0.15) is 23.6 Å². The van der Waals surface area contributed by atoms with E-state index < -0.39 is 12.8 Å². The maximum Gasteiger partial charge on any atom is 0.411 e. The van der Waals surface area contributed by atoms with Crippen LogP contribution in [0.25, 0.3) is 0 Å². The van der Waals surface area contributed by atoms with E-state index in [0.29, 0.717) is 13.0 Å². The monoisotopic (exact) mass is 367 g/mol. The van der Waals surface area contributed by atoms with Crippen LogP contribution in [0, 0.1) is 0 Å². The third-order valence-electron chi connectivity index (χ3n) is 3.32. The van der Waals surface area contributed by atoms with Crippen LogP contribution < -0.4 is 10.1 Å². The van der Waals surface area contributed by atoms with Gasteiger partial charge in [-0.3, -0.25) is 0 Å². The zero-order chi connectivity index (χ0) is 15.5. The molecule has 1 aromatic rings. The van der Waals surface area contributed by atoms with Gasteiger partial charge >= 0.3 is 6.18 Å². The van der Waals surface area contributed by atoms with Crippen molar-refractivity contribution in [1.29, 1.82) is 0 Å². The maximum atomic E-state index is 12.1. The average molecular weight is 368 g/mol. The molecule has 1 aromatic carbocycles. The van der Waals surface area contributed by atoms with Crippen molar-refractivity contribution in [3.05, 3.63) is 27.7 Å². The van der Waals surface area contributed by atoms with Gasteiger partial charge in [0.15, 0.2) is 0 Å². The van der Waals surface area contributed by atoms with Crippen LogP contribution >= 0.6 is 15.9 Å². The molecular formula is C14H17BrF3NO2. The minimum Gasteiger partial charge on any atom is -0.493 e. The molecule has 0 aliphatic carbocycles. The number of halogens is 4. The van der Waals surface area contributed by atoms with Gasteiger partial charge in [-0.15, -0.1) is 0 Å². The highest BCUT2D eigenvalue weighted by molar-refractivity contribution is 9.10. The number of fused-ring (bicyclic) bond motifs is 1. The summed E-state index contributed by atoms with van der Waals surface area (Å²) in [7, 11) is 1.77. The standard InChI is InChI=1S/C14H17BrF3NO2/c1-19-12(3-4-20-8-14(16,17)18)11-7-10(15)6-9-2-5-21-13(9)11/h6-7,12,19H,2-5,8H2,1H3. The summed E-state index contributed by atoms with van der Waals surface area (Å²) in [5, 5.41) is 3.11. The minimum absolute atomic E-state index is 0.0340. The molecule has 0 aromatic heterocycles. The Morgan fingerprint density at radius 2 is 2.19 bits per heavy atom. The molecule has 1 unspecified atom stereocenters. The smallest absolute Gasteiger partial charge is 0.411 e. The summed E-state index contributed by atoms with van der Waals surface area (Å²) in [6.45, 7) is -0.539. The summed E-state index contributed by atoms with van der Waals surface area (Å²) in [4.78, 5) is 0. The Hall–Kier alpha value is -0.790. The van der Waals surface area contributed by atoms with Crippen molar-refractivity contribution in [3.8, 4) is 5.75 Å². The first-order valence-electron chi connectivity index (χ1n) is 6.67. The van der Waals surface area contributed by atoms with E-state index in [0.717, 1.165) is 27.8 Å². The van der Waals surface area contributed by atoms with E-state index in [1.54, 1.807) is 7.05 Å². The second kappa shape index (κ2) is 6.98. The molecule has 0 saturated heterocycles. The number of hydrogen-bond donors (Lipinski definition) is 1. The summed E-state index contributed by atoms with van der Waals surface area (Å²) in [5.41, 5.74) is 2.07. The molecule has 0 amide bonds. The summed E-state index contributed by atoms with van der Waals surface area (Å²) < 4.78 is 47.4. The fraction of sp³-hybridized carbons (Fsp3) is 0.571. The van der Waals surface area contributed by atoms with Crippen LogP contribution in [0.2, 0.25) is 0 Å². The third kappa shape index (κ3) is 4.59. The first kappa shape index (κ1) is 16.6. The molecule has 1 aliphatic rings. The van der Waals surface area contributed by atoms with E-state index in [9.17, 15) is 13.2 Å². The lowest BCUT2D eigenvalue weighted by Gasteiger charge is -2.20. The first-order chi connectivity index (χ1) is 9.90. The zero-order valence-electron chi connectivity index (χ0n) is 11.6. The highest BCUT2D eigenvalue weighted by Gasteiger charge is 2.28. The largest absolute Gasteiger partial charge is 0.493 e. The van der Waals surface area contributed by atoms with Crippen molar-refractivity contribution in [1.82, 2.24) is 5.32 Å². The van der Waals surface area contributed by atoms with Gasteiger partial charge in [0.2, 0.25) is 0 Å². The van der Waals surface area contributed by atoms with Gasteiger partial charge in [0, 0.05) is 29.1 Å². The summed E-state index contributed by atoms with van der Waals surface area (Å²) in [6, 6.07) is 3.84. The van der Waals surface area contributed by atoms with Gasteiger partial charge in [-0.05, 0) is 31.2 Å². The molecule has 1 aliphatic heterocycles. The van der Waals surface area contributed by atoms with E-state index >= 15 is 0 Å². The van der Waals surface area contributed by atoms with Crippen LogP contribution in [0.5, 0.6) is 5.75 Å². The van der Waals surface area contributed by atoms with Crippen molar-refractivity contribution in [2.45, 2.75) is 25.1 Å². The van der Waals surface area contributed by atoms with E-state index in [2.05, 4.69) is 26.0 Å². The Balaban J connectivity index is 2.01. The molecule has 1 heterocycles. The predicted molar refractivity (Wildman–Crippen MR) is 76.6 cm³/mol. The topological polar surface area (TPSA) is 30.5 Å². The Labute approximate surface area is 129 Å². The van der Waals surface area contributed by atoms with Gasteiger partial charge in [0.05, 0.1) is 6.61 Å². The Morgan fingerprint density at radius 3 is 2.86 bits per heavy atom. The lowest BCUT2D eigenvalue weighted by molar-refractivity contribution is -0.174.